The van der Waals surface area contributed by atoms with Crippen molar-refractivity contribution in [3.63, 3.8) is 0 Å². The minimum Gasteiger partial charge on any atom is -0.484 e. The molecule has 128 valence electrons. The number of hydrogen-bond donors (Lipinski definition) is 1. The van der Waals surface area contributed by atoms with Crippen molar-refractivity contribution in [1.29, 1.82) is 0 Å². The van der Waals surface area contributed by atoms with Crippen LogP contribution in [-0.4, -0.2) is 22.3 Å². The van der Waals surface area contributed by atoms with Gasteiger partial charge in [-0.1, -0.05) is 0 Å². The largest absolute Gasteiger partial charge is 0.484 e. The van der Waals surface area contributed by atoms with E-state index in [-0.39, 0.29) is 18.1 Å². The molecule has 3 aromatic rings. The molecule has 0 fully saturated rings. The van der Waals surface area contributed by atoms with Gasteiger partial charge in [-0.25, -0.2) is 4.79 Å². The number of aryl methyl sites for hydroxylation is 2. The van der Waals surface area contributed by atoms with Gasteiger partial charge in [0.2, 0.25) is 0 Å². The Bertz CT molecular complexity index is 1020. The van der Waals surface area contributed by atoms with Gasteiger partial charge in [0.25, 0.3) is 5.91 Å². The first-order valence-electron chi connectivity index (χ1n) is 8.11. The van der Waals surface area contributed by atoms with Gasteiger partial charge in [0, 0.05) is 36.3 Å². The van der Waals surface area contributed by atoms with E-state index in [1.165, 1.54) is 0 Å². The fourth-order valence-corrected chi connectivity index (χ4v) is 3.16. The zero-order chi connectivity index (χ0) is 17.4. The molecule has 0 bridgehead atoms. The second-order valence-electron chi connectivity index (χ2n) is 6.07. The van der Waals surface area contributed by atoms with Crippen molar-refractivity contribution in [3.8, 4) is 5.75 Å². The number of amides is 1. The van der Waals surface area contributed by atoms with E-state index in [9.17, 15) is 9.59 Å². The summed E-state index contributed by atoms with van der Waals surface area (Å²) in [7, 11) is 1.77. The maximum atomic E-state index is 12.0. The first kappa shape index (κ1) is 15.4. The van der Waals surface area contributed by atoms with E-state index in [1.807, 2.05) is 6.07 Å². The molecule has 2 heterocycles. The predicted octanol–water partition coefficient (Wildman–Crippen LogP) is 2.03. The third kappa shape index (κ3) is 3.00. The molecule has 1 aromatic carbocycles. The average molecular weight is 339 g/mol. The Hall–Kier alpha value is -3.09. The molecular formula is C18H17N3O4. The zero-order valence-corrected chi connectivity index (χ0v) is 13.7. The number of fused-ring (bicyclic) bond motifs is 3. The molecule has 1 N–H and O–H groups in total. The molecule has 0 aliphatic heterocycles. The highest BCUT2D eigenvalue weighted by Gasteiger charge is 2.19. The van der Waals surface area contributed by atoms with E-state index in [4.69, 9.17) is 9.15 Å². The number of carbonyl (C=O) groups is 1. The maximum absolute atomic E-state index is 12.0. The molecule has 25 heavy (non-hydrogen) atoms. The number of nitrogens with one attached hydrogen (secondary N) is 1. The van der Waals surface area contributed by atoms with Crippen molar-refractivity contribution < 1.29 is 13.9 Å². The lowest BCUT2D eigenvalue weighted by molar-refractivity contribution is -0.118. The molecule has 1 amide bonds. The summed E-state index contributed by atoms with van der Waals surface area (Å²) >= 11 is 0. The summed E-state index contributed by atoms with van der Waals surface area (Å²) < 4.78 is 12.5. The first-order valence-corrected chi connectivity index (χ1v) is 8.11. The van der Waals surface area contributed by atoms with Crippen molar-refractivity contribution in [1.82, 2.24) is 9.78 Å². The van der Waals surface area contributed by atoms with E-state index in [2.05, 4.69) is 10.4 Å². The standard InChI is InChI=1S/C18H17N3O4/c1-21-8-7-16(20-21)19-17(22)10-24-11-5-6-13-12-3-2-4-14(12)18(23)25-15(13)9-11/h5-9H,2-4,10H2,1H3,(H,19,20,22). The molecule has 0 saturated heterocycles. The van der Waals surface area contributed by atoms with E-state index >= 15 is 0 Å². The van der Waals surface area contributed by atoms with E-state index in [0.29, 0.717) is 17.2 Å². The highest BCUT2D eigenvalue weighted by molar-refractivity contribution is 5.91. The third-order valence-electron chi connectivity index (χ3n) is 4.30. The lowest BCUT2D eigenvalue weighted by atomic mass is 10.1. The summed E-state index contributed by atoms with van der Waals surface area (Å²) in [6.07, 6.45) is 4.38. The number of nitrogens with zero attached hydrogens (tertiary/aromatic N) is 2. The van der Waals surface area contributed by atoms with E-state index < -0.39 is 0 Å². The number of carbonyl (C=O) groups excluding carboxylic acids is 1. The van der Waals surface area contributed by atoms with Crippen LogP contribution in [0.25, 0.3) is 11.0 Å². The van der Waals surface area contributed by atoms with Crippen LogP contribution in [0, 0.1) is 0 Å². The van der Waals surface area contributed by atoms with Gasteiger partial charge in [-0.05, 0) is 37.0 Å². The van der Waals surface area contributed by atoms with Crippen LogP contribution in [0.3, 0.4) is 0 Å². The fourth-order valence-electron chi connectivity index (χ4n) is 3.16. The summed E-state index contributed by atoms with van der Waals surface area (Å²) in [5, 5.41) is 7.65. The average Bonchev–Trinajstić information content (AvgIpc) is 3.22. The second-order valence-corrected chi connectivity index (χ2v) is 6.07. The molecule has 0 spiro atoms. The Morgan fingerprint density at radius 1 is 1.32 bits per heavy atom. The SMILES string of the molecule is Cn1ccc(NC(=O)COc2ccc3c4c(c(=O)oc3c2)CCC4)n1. The molecule has 0 saturated carbocycles. The minimum atomic E-state index is -0.311. The van der Waals surface area contributed by atoms with Crippen LogP contribution in [0.15, 0.2) is 39.7 Å². The van der Waals surface area contributed by atoms with Crippen LogP contribution in [0.5, 0.6) is 5.75 Å². The minimum absolute atomic E-state index is 0.156. The van der Waals surface area contributed by atoms with Gasteiger partial charge >= 0.3 is 5.63 Å². The van der Waals surface area contributed by atoms with Gasteiger partial charge in [-0.3, -0.25) is 9.48 Å². The molecule has 1 aliphatic rings. The Morgan fingerprint density at radius 2 is 2.16 bits per heavy atom. The van der Waals surface area contributed by atoms with Gasteiger partial charge < -0.3 is 14.5 Å². The summed E-state index contributed by atoms with van der Waals surface area (Å²) in [5.41, 5.74) is 2.08. The summed E-state index contributed by atoms with van der Waals surface area (Å²) in [4.78, 5) is 23.9. The van der Waals surface area contributed by atoms with Crippen LogP contribution in [-0.2, 0) is 24.7 Å². The Labute approximate surface area is 143 Å². The molecule has 0 radical (unpaired) electrons. The molecule has 7 heteroatoms. The first-order chi connectivity index (χ1) is 12.1. The predicted molar refractivity (Wildman–Crippen MR) is 91.8 cm³/mol. The highest BCUT2D eigenvalue weighted by Crippen LogP contribution is 2.29. The lowest BCUT2D eigenvalue weighted by Gasteiger charge is -2.08. The maximum Gasteiger partial charge on any atom is 0.339 e. The second kappa shape index (κ2) is 6.08. The van der Waals surface area contributed by atoms with Crippen LogP contribution in [0.1, 0.15) is 17.5 Å². The number of anilines is 1. The quantitative estimate of drug-likeness (QED) is 0.735. The van der Waals surface area contributed by atoms with Crippen LogP contribution >= 0.6 is 0 Å². The normalized spacial score (nSPS) is 13.0. The van der Waals surface area contributed by atoms with Crippen molar-refractivity contribution in [3.05, 3.63) is 52.0 Å². The third-order valence-corrected chi connectivity index (χ3v) is 4.30. The molecule has 4 rings (SSSR count). The Kier molecular flexibility index (Phi) is 3.76. The Morgan fingerprint density at radius 3 is 2.96 bits per heavy atom. The van der Waals surface area contributed by atoms with Crippen LogP contribution in [0.2, 0.25) is 0 Å². The van der Waals surface area contributed by atoms with E-state index in [0.717, 1.165) is 35.8 Å². The monoisotopic (exact) mass is 339 g/mol. The zero-order valence-electron chi connectivity index (χ0n) is 13.7. The van der Waals surface area contributed by atoms with Gasteiger partial charge in [-0.15, -0.1) is 0 Å². The number of aromatic nitrogens is 2. The van der Waals surface area contributed by atoms with Gasteiger partial charge in [0.1, 0.15) is 11.3 Å². The molecule has 7 nitrogen and oxygen atoms in total. The van der Waals surface area contributed by atoms with Crippen molar-refractivity contribution in [2.24, 2.45) is 7.05 Å². The number of hydrogen-bond acceptors (Lipinski definition) is 5. The summed E-state index contributed by atoms with van der Waals surface area (Å²) in [5.74, 6) is 0.634. The molecule has 1 aliphatic carbocycles. The van der Waals surface area contributed by atoms with Gasteiger partial charge in [0.05, 0.1) is 0 Å². The van der Waals surface area contributed by atoms with Crippen LogP contribution < -0.4 is 15.7 Å². The summed E-state index contributed by atoms with van der Waals surface area (Å²) in [6, 6.07) is 7.02. The topological polar surface area (TPSA) is 86.4 Å². The van der Waals surface area contributed by atoms with Crippen molar-refractivity contribution >= 4 is 22.7 Å². The van der Waals surface area contributed by atoms with Gasteiger partial charge in [-0.2, -0.15) is 5.10 Å². The lowest BCUT2D eigenvalue weighted by Crippen LogP contribution is -2.20. The molecule has 2 aromatic heterocycles. The highest BCUT2D eigenvalue weighted by atomic mass is 16.5. The van der Waals surface area contributed by atoms with Crippen molar-refractivity contribution in [2.45, 2.75) is 19.3 Å². The number of rotatable bonds is 4. The van der Waals surface area contributed by atoms with Crippen molar-refractivity contribution in [2.75, 3.05) is 11.9 Å². The Balaban J connectivity index is 1.49. The molecular weight excluding hydrogens is 322 g/mol. The summed E-state index contributed by atoms with van der Waals surface area (Å²) in [6.45, 7) is -0.156. The molecule has 0 atom stereocenters. The number of ether oxygens (including phenoxy) is 1. The van der Waals surface area contributed by atoms with Crippen LogP contribution in [0.4, 0.5) is 5.82 Å². The molecule has 0 unspecified atom stereocenters. The smallest absolute Gasteiger partial charge is 0.339 e. The fraction of sp³-hybridized carbons (Fsp3) is 0.278. The van der Waals surface area contributed by atoms with E-state index in [1.54, 1.807) is 36.1 Å². The van der Waals surface area contributed by atoms with Gasteiger partial charge in [0.15, 0.2) is 12.4 Å². The number of benzene rings is 1.